The van der Waals surface area contributed by atoms with E-state index in [0.717, 1.165) is 18.2 Å². The Labute approximate surface area is 116 Å². The van der Waals surface area contributed by atoms with Crippen LogP contribution in [0.4, 0.5) is 0 Å². The minimum atomic E-state index is 0.202. The van der Waals surface area contributed by atoms with E-state index in [1.54, 1.807) is 0 Å². The Bertz CT molecular complexity index is 569. The van der Waals surface area contributed by atoms with Crippen molar-refractivity contribution in [1.29, 1.82) is 0 Å². The molecule has 3 aliphatic carbocycles. The third-order valence-corrected chi connectivity index (χ3v) is 4.80. The second-order valence-corrected chi connectivity index (χ2v) is 6.49. The van der Waals surface area contributed by atoms with Crippen molar-refractivity contribution in [3.05, 3.63) is 10.6 Å². The summed E-state index contributed by atoms with van der Waals surface area (Å²) in [5.74, 6) is 2.85. The zero-order valence-electron chi connectivity index (χ0n) is 10.8. The highest BCUT2D eigenvalue weighted by atomic mass is 32.1. The summed E-state index contributed by atoms with van der Waals surface area (Å²) < 4.78 is 2.73. The molecular weight excluding hydrogens is 260 g/mol. The lowest BCUT2D eigenvalue weighted by atomic mass is 10.2. The first-order chi connectivity index (χ1) is 9.24. The van der Waals surface area contributed by atoms with E-state index >= 15 is 0 Å². The fourth-order valence-corrected chi connectivity index (χ4v) is 3.33. The lowest BCUT2D eigenvalue weighted by Gasteiger charge is -2.06. The van der Waals surface area contributed by atoms with Crippen LogP contribution in [0.3, 0.4) is 0 Å². The lowest BCUT2D eigenvalue weighted by Crippen LogP contribution is -2.26. The molecule has 5 nitrogen and oxygen atoms in total. The third-order valence-electron chi connectivity index (χ3n) is 4.51. The largest absolute Gasteiger partial charge is 0.349 e. The maximum absolute atomic E-state index is 12.0. The molecule has 0 spiro atoms. The number of rotatable bonds is 5. The van der Waals surface area contributed by atoms with E-state index < -0.39 is 0 Å². The summed E-state index contributed by atoms with van der Waals surface area (Å²) in [7, 11) is 0. The molecule has 3 fully saturated rings. The summed E-state index contributed by atoms with van der Waals surface area (Å²) in [5.41, 5.74) is 0. The molecular formula is C13H18N4OS. The van der Waals surface area contributed by atoms with Crippen LogP contribution in [-0.4, -0.2) is 20.7 Å². The summed E-state index contributed by atoms with van der Waals surface area (Å²) in [4.78, 5) is 12.0. The maximum Gasteiger partial charge on any atom is 0.223 e. The molecule has 0 aliphatic heterocycles. The number of hydrogen-bond acceptors (Lipinski definition) is 3. The molecule has 1 aromatic rings. The molecule has 0 aromatic carbocycles. The van der Waals surface area contributed by atoms with Crippen LogP contribution >= 0.6 is 12.2 Å². The smallest absolute Gasteiger partial charge is 0.223 e. The van der Waals surface area contributed by atoms with Gasteiger partial charge in [0, 0.05) is 12.0 Å². The predicted molar refractivity (Wildman–Crippen MR) is 71.9 cm³/mol. The highest BCUT2D eigenvalue weighted by molar-refractivity contribution is 7.71. The van der Waals surface area contributed by atoms with Crippen molar-refractivity contribution in [2.45, 2.75) is 44.7 Å². The summed E-state index contributed by atoms with van der Waals surface area (Å²) >= 11 is 5.23. The Morgan fingerprint density at radius 2 is 2.21 bits per heavy atom. The van der Waals surface area contributed by atoms with Crippen LogP contribution < -0.4 is 5.32 Å². The van der Waals surface area contributed by atoms with E-state index in [1.165, 1.54) is 25.7 Å². The van der Waals surface area contributed by atoms with Gasteiger partial charge >= 0.3 is 0 Å². The number of amides is 1. The van der Waals surface area contributed by atoms with Crippen molar-refractivity contribution in [2.24, 2.45) is 17.8 Å². The molecule has 2 atom stereocenters. The number of carbonyl (C=O) groups excluding carboxylic acids is 1. The summed E-state index contributed by atoms with van der Waals surface area (Å²) in [6.45, 7) is 0.496. The average Bonchev–Trinajstić information content (AvgIpc) is 3.25. The third kappa shape index (κ3) is 2.22. The molecule has 0 radical (unpaired) electrons. The SMILES string of the molecule is O=C(NCc1n[nH]c(=S)n1C1CC1)C1CC1C1CC1. The van der Waals surface area contributed by atoms with Crippen molar-refractivity contribution in [1.82, 2.24) is 20.1 Å². The van der Waals surface area contributed by atoms with Crippen LogP contribution in [0.25, 0.3) is 0 Å². The predicted octanol–water partition coefficient (Wildman–Crippen LogP) is 1.94. The van der Waals surface area contributed by atoms with Gasteiger partial charge in [0.05, 0.1) is 6.54 Å². The maximum atomic E-state index is 12.0. The fraction of sp³-hybridized carbons (Fsp3) is 0.769. The van der Waals surface area contributed by atoms with Crippen molar-refractivity contribution in [2.75, 3.05) is 0 Å². The molecule has 1 aromatic heterocycles. The Morgan fingerprint density at radius 3 is 2.89 bits per heavy atom. The van der Waals surface area contributed by atoms with Gasteiger partial charge in [0.2, 0.25) is 5.91 Å². The molecule has 3 saturated carbocycles. The van der Waals surface area contributed by atoms with Crippen molar-refractivity contribution >= 4 is 18.1 Å². The molecule has 6 heteroatoms. The van der Waals surface area contributed by atoms with Gasteiger partial charge in [-0.05, 0) is 56.2 Å². The second kappa shape index (κ2) is 4.16. The second-order valence-electron chi connectivity index (χ2n) is 6.11. The van der Waals surface area contributed by atoms with Gasteiger partial charge in [0.25, 0.3) is 0 Å². The van der Waals surface area contributed by atoms with Crippen molar-refractivity contribution in [3.8, 4) is 0 Å². The van der Waals surface area contributed by atoms with Crippen molar-refractivity contribution in [3.63, 3.8) is 0 Å². The van der Waals surface area contributed by atoms with Gasteiger partial charge in [0.1, 0.15) is 0 Å². The number of nitrogens with one attached hydrogen (secondary N) is 2. The molecule has 3 aliphatic rings. The molecule has 2 N–H and O–H groups in total. The quantitative estimate of drug-likeness (QED) is 0.809. The first-order valence-corrected chi connectivity index (χ1v) is 7.58. The first-order valence-electron chi connectivity index (χ1n) is 7.17. The number of hydrogen-bond donors (Lipinski definition) is 2. The molecule has 19 heavy (non-hydrogen) atoms. The monoisotopic (exact) mass is 278 g/mol. The van der Waals surface area contributed by atoms with Gasteiger partial charge in [-0.25, -0.2) is 0 Å². The van der Waals surface area contributed by atoms with E-state index in [1.807, 2.05) is 0 Å². The standard InChI is InChI=1S/C13H18N4OS/c18-12(10-5-9(10)7-1-2-7)14-6-11-15-16-13(19)17(11)8-3-4-8/h7-10H,1-6H2,(H,14,18)(H,16,19). The first kappa shape index (κ1) is 11.6. The van der Waals surface area contributed by atoms with Gasteiger partial charge in [-0.15, -0.1) is 0 Å². The molecule has 0 bridgehead atoms. The number of H-pyrrole nitrogens is 1. The highest BCUT2D eigenvalue weighted by Crippen LogP contribution is 2.54. The summed E-state index contributed by atoms with van der Waals surface area (Å²) in [6.07, 6.45) is 6.08. The van der Waals surface area contributed by atoms with Gasteiger partial charge in [-0.2, -0.15) is 5.10 Å². The van der Waals surface area contributed by atoms with Gasteiger partial charge in [-0.1, -0.05) is 0 Å². The Morgan fingerprint density at radius 1 is 1.42 bits per heavy atom. The van der Waals surface area contributed by atoms with Crippen LogP contribution in [0.15, 0.2) is 0 Å². The average molecular weight is 278 g/mol. The van der Waals surface area contributed by atoms with Gasteiger partial charge < -0.3 is 5.32 Å². The highest BCUT2D eigenvalue weighted by Gasteiger charge is 2.51. The molecule has 102 valence electrons. The molecule has 2 unspecified atom stereocenters. The summed E-state index contributed by atoms with van der Waals surface area (Å²) in [6, 6.07) is 0.498. The minimum Gasteiger partial charge on any atom is -0.349 e. The Kier molecular flexibility index (Phi) is 2.55. The zero-order chi connectivity index (χ0) is 13.0. The molecule has 4 rings (SSSR count). The molecule has 0 saturated heterocycles. The van der Waals surface area contributed by atoms with E-state index in [9.17, 15) is 4.79 Å². The molecule has 1 heterocycles. The van der Waals surface area contributed by atoms with Crippen molar-refractivity contribution < 1.29 is 4.79 Å². The Balaban J connectivity index is 1.37. The van der Waals surface area contributed by atoms with E-state index in [4.69, 9.17) is 12.2 Å². The lowest BCUT2D eigenvalue weighted by molar-refractivity contribution is -0.122. The number of nitrogens with zero attached hydrogens (tertiary/aromatic N) is 2. The molecule has 1 amide bonds. The van der Waals surface area contributed by atoms with Crippen LogP contribution in [0.5, 0.6) is 0 Å². The van der Waals surface area contributed by atoms with Gasteiger partial charge in [-0.3, -0.25) is 14.5 Å². The normalized spacial score (nSPS) is 29.3. The van der Waals surface area contributed by atoms with Crippen LogP contribution in [-0.2, 0) is 11.3 Å². The van der Waals surface area contributed by atoms with E-state index in [2.05, 4.69) is 20.1 Å². The van der Waals surface area contributed by atoms with Gasteiger partial charge in [0.15, 0.2) is 10.6 Å². The number of aromatic nitrogens is 3. The fourth-order valence-electron chi connectivity index (χ4n) is 3.03. The van der Waals surface area contributed by atoms with Crippen LogP contribution in [0, 0.1) is 22.5 Å². The van der Waals surface area contributed by atoms with Crippen LogP contribution in [0.1, 0.15) is 44.0 Å². The number of carbonyl (C=O) groups is 1. The van der Waals surface area contributed by atoms with E-state index in [0.29, 0.717) is 23.3 Å². The Hall–Kier alpha value is -1.17. The van der Waals surface area contributed by atoms with E-state index in [-0.39, 0.29) is 11.8 Å². The van der Waals surface area contributed by atoms with Crippen LogP contribution in [0.2, 0.25) is 0 Å². The topological polar surface area (TPSA) is 62.7 Å². The summed E-state index contributed by atoms with van der Waals surface area (Å²) in [5, 5.41) is 10.1. The zero-order valence-corrected chi connectivity index (χ0v) is 11.6. The number of aromatic amines is 1. The minimum absolute atomic E-state index is 0.202.